The van der Waals surface area contributed by atoms with Gasteiger partial charge in [-0.1, -0.05) is 26.8 Å². The molecule has 16 heavy (non-hydrogen) atoms. The molecule has 86 valence electrons. The molecule has 0 bridgehead atoms. The monoisotopic (exact) mass is 234 g/mol. The number of nitriles is 1. The lowest BCUT2D eigenvalue weighted by Gasteiger charge is -2.35. The van der Waals surface area contributed by atoms with Crippen LogP contribution in [0.25, 0.3) is 0 Å². The maximum atomic E-state index is 8.76. The molecule has 0 spiro atoms. The van der Waals surface area contributed by atoms with Crippen LogP contribution in [0, 0.1) is 11.3 Å². The minimum absolute atomic E-state index is 0.136. The zero-order valence-corrected chi connectivity index (χ0v) is 11.5. The maximum Gasteiger partial charge on any atom is 0.252 e. The van der Waals surface area contributed by atoms with Crippen LogP contribution in [0.4, 0.5) is 0 Å². The SMILES string of the molecule is CC(C)(C)[Si](C)(C)Oc1cccc(C#N)n1. The van der Waals surface area contributed by atoms with Crippen molar-refractivity contribution < 1.29 is 4.43 Å². The molecular formula is C12H18N2OSi. The Morgan fingerprint density at radius 3 is 2.44 bits per heavy atom. The van der Waals surface area contributed by atoms with Gasteiger partial charge in [-0.25, -0.2) is 4.98 Å². The average Bonchev–Trinajstić information content (AvgIpc) is 2.15. The van der Waals surface area contributed by atoms with Crippen LogP contribution in [0.5, 0.6) is 5.88 Å². The molecular weight excluding hydrogens is 216 g/mol. The summed E-state index contributed by atoms with van der Waals surface area (Å²) in [6.45, 7) is 10.8. The van der Waals surface area contributed by atoms with Crippen molar-refractivity contribution in [1.29, 1.82) is 5.26 Å². The Kier molecular flexibility index (Phi) is 3.39. The third-order valence-electron chi connectivity index (χ3n) is 3.00. The minimum atomic E-state index is -1.85. The number of aromatic nitrogens is 1. The minimum Gasteiger partial charge on any atom is -0.531 e. The van der Waals surface area contributed by atoms with Crippen molar-refractivity contribution in [3.05, 3.63) is 23.9 Å². The second-order valence-corrected chi connectivity index (χ2v) is 10.1. The van der Waals surface area contributed by atoms with Crippen molar-refractivity contribution in [3.63, 3.8) is 0 Å². The molecule has 0 saturated carbocycles. The standard InChI is InChI=1S/C12H18N2OSi/c1-12(2,3)16(4,5)15-11-8-6-7-10(9-13)14-11/h6-8H,1-5H3. The lowest BCUT2D eigenvalue weighted by Crippen LogP contribution is -2.44. The van der Waals surface area contributed by atoms with Gasteiger partial charge < -0.3 is 4.43 Å². The summed E-state index contributed by atoms with van der Waals surface area (Å²) in [4.78, 5) is 4.14. The number of hydrogen-bond donors (Lipinski definition) is 0. The van der Waals surface area contributed by atoms with Gasteiger partial charge in [-0.2, -0.15) is 5.26 Å². The van der Waals surface area contributed by atoms with E-state index in [1.165, 1.54) is 0 Å². The van der Waals surface area contributed by atoms with Crippen LogP contribution < -0.4 is 4.43 Å². The van der Waals surface area contributed by atoms with Crippen LogP contribution >= 0.6 is 0 Å². The molecule has 1 heterocycles. The molecule has 0 aliphatic rings. The molecule has 1 rings (SSSR count). The highest BCUT2D eigenvalue weighted by Gasteiger charge is 2.39. The summed E-state index contributed by atoms with van der Waals surface area (Å²) in [5.41, 5.74) is 0.399. The molecule has 1 aromatic rings. The van der Waals surface area contributed by atoms with Gasteiger partial charge in [0.1, 0.15) is 11.8 Å². The first kappa shape index (κ1) is 12.7. The van der Waals surface area contributed by atoms with Gasteiger partial charge >= 0.3 is 0 Å². The quantitative estimate of drug-likeness (QED) is 0.737. The first-order valence-corrected chi connectivity index (χ1v) is 8.23. The van der Waals surface area contributed by atoms with Crippen LogP contribution in [0.3, 0.4) is 0 Å². The fourth-order valence-electron chi connectivity index (χ4n) is 0.948. The van der Waals surface area contributed by atoms with Crippen molar-refractivity contribution in [2.75, 3.05) is 0 Å². The first-order chi connectivity index (χ1) is 7.26. The van der Waals surface area contributed by atoms with E-state index in [9.17, 15) is 0 Å². The van der Waals surface area contributed by atoms with Crippen LogP contribution in [-0.2, 0) is 0 Å². The number of hydrogen-bond acceptors (Lipinski definition) is 3. The van der Waals surface area contributed by atoms with Gasteiger partial charge in [0.05, 0.1) is 0 Å². The number of nitrogens with zero attached hydrogens (tertiary/aromatic N) is 2. The molecule has 0 aliphatic carbocycles. The summed E-state index contributed by atoms with van der Waals surface area (Å²) in [5.74, 6) is 0.561. The fraction of sp³-hybridized carbons (Fsp3) is 0.500. The molecule has 0 saturated heterocycles. The highest BCUT2D eigenvalue weighted by Crippen LogP contribution is 2.36. The molecule has 0 aliphatic heterocycles. The normalized spacial score (nSPS) is 12.0. The van der Waals surface area contributed by atoms with Crippen molar-refractivity contribution in [3.8, 4) is 11.9 Å². The van der Waals surface area contributed by atoms with E-state index in [0.717, 1.165) is 0 Å². The Morgan fingerprint density at radius 1 is 1.31 bits per heavy atom. The van der Waals surface area contributed by atoms with E-state index in [2.05, 4.69) is 38.8 Å². The summed E-state index contributed by atoms with van der Waals surface area (Å²) in [6, 6.07) is 7.30. The van der Waals surface area contributed by atoms with Crippen LogP contribution in [-0.4, -0.2) is 13.3 Å². The Bertz CT molecular complexity index is 416. The predicted molar refractivity (Wildman–Crippen MR) is 66.8 cm³/mol. The lowest BCUT2D eigenvalue weighted by atomic mass is 10.2. The highest BCUT2D eigenvalue weighted by molar-refractivity contribution is 6.74. The van der Waals surface area contributed by atoms with Gasteiger partial charge in [0.25, 0.3) is 8.32 Å². The Balaban J connectivity index is 2.93. The van der Waals surface area contributed by atoms with E-state index in [-0.39, 0.29) is 5.04 Å². The van der Waals surface area contributed by atoms with Gasteiger partial charge in [0, 0.05) is 0 Å². The molecule has 0 amide bonds. The molecule has 0 atom stereocenters. The summed E-state index contributed by atoms with van der Waals surface area (Å²) in [7, 11) is -1.85. The molecule has 0 N–H and O–H groups in total. The first-order valence-electron chi connectivity index (χ1n) is 5.32. The van der Waals surface area contributed by atoms with Gasteiger partial charge in [0.15, 0.2) is 0 Å². The third-order valence-corrected chi connectivity index (χ3v) is 7.34. The van der Waals surface area contributed by atoms with E-state index >= 15 is 0 Å². The molecule has 4 heteroatoms. The highest BCUT2D eigenvalue weighted by atomic mass is 28.4. The number of rotatable bonds is 2. The van der Waals surface area contributed by atoms with Crippen molar-refractivity contribution in [2.45, 2.75) is 38.9 Å². The van der Waals surface area contributed by atoms with Crippen molar-refractivity contribution >= 4 is 8.32 Å². The molecule has 0 unspecified atom stereocenters. The van der Waals surface area contributed by atoms with E-state index < -0.39 is 8.32 Å². The summed E-state index contributed by atoms with van der Waals surface area (Å²) < 4.78 is 5.99. The zero-order chi connectivity index (χ0) is 12.4. The lowest BCUT2D eigenvalue weighted by molar-refractivity contribution is 0.476. The largest absolute Gasteiger partial charge is 0.531 e. The molecule has 0 fully saturated rings. The zero-order valence-electron chi connectivity index (χ0n) is 10.5. The van der Waals surface area contributed by atoms with E-state index in [1.54, 1.807) is 18.2 Å². The summed E-state index contributed by atoms with van der Waals surface area (Å²) in [5, 5.41) is 8.90. The van der Waals surface area contributed by atoms with Gasteiger partial charge in [-0.15, -0.1) is 0 Å². The molecule has 3 nitrogen and oxygen atoms in total. The smallest absolute Gasteiger partial charge is 0.252 e. The predicted octanol–water partition coefficient (Wildman–Crippen LogP) is 3.34. The Hall–Kier alpha value is -1.34. The van der Waals surface area contributed by atoms with Gasteiger partial charge in [0.2, 0.25) is 5.88 Å². The van der Waals surface area contributed by atoms with Crippen LogP contribution in [0.1, 0.15) is 26.5 Å². The van der Waals surface area contributed by atoms with Crippen molar-refractivity contribution in [1.82, 2.24) is 4.98 Å². The van der Waals surface area contributed by atoms with Gasteiger partial charge in [-0.05, 0) is 30.3 Å². The summed E-state index contributed by atoms with van der Waals surface area (Å²) >= 11 is 0. The summed E-state index contributed by atoms with van der Waals surface area (Å²) in [6.07, 6.45) is 0. The van der Waals surface area contributed by atoms with Crippen LogP contribution in [0.15, 0.2) is 18.2 Å². The Morgan fingerprint density at radius 2 is 1.94 bits per heavy atom. The molecule has 0 aromatic carbocycles. The second kappa shape index (κ2) is 4.26. The van der Waals surface area contributed by atoms with E-state index in [1.807, 2.05) is 6.07 Å². The topological polar surface area (TPSA) is 45.9 Å². The molecule has 1 aromatic heterocycles. The fourth-order valence-corrected chi connectivity index (χ4v) is 1.89. The van der Waals surface area contributed by atoms with Crippen molar-refractivity contribution in [2.24, 2.45) is 0 Å². The van der Waals surface area contributed by atoms with Gasteiger partial charge in [-0.3, -0.25) is 0 Å². The average molecular weight is 234 g/mol. The molecule has 0 radical (unpaired) electrons. The third kappa shape index (κ3) is 2.83. The Labute approximate surface area is 98.2 Å². The maximum absolute atomic E-state index is 8.76. The number of pyridine rings is 1. The van der Waals surface area contributed by atoms with E-state index in [0.29, 0.717) is 11.6 Å². The van der Waals surface area contributed by atoms with E-state index in [4.69, 9.17) is 9.69 Å². The second-order valence-electron chi connectivity index (χ2n) is 5.34. The van der Waals surface area contributed by atoms with Crippen LogP contribution in [0.2, 0.25) is 18.1 Å².